The van der Waals surface area contributed by atoms with Crippen molar-refractivity contribution in [3.8, 4) is 5.69 Å². The number of para-hydroxylation sites is 1. The van der Waals surface area contributed by atoms with Gasteiger partial charge in [0.15, 0.2) is 5.11 Å². The summed E-state index contributed by atoms with van der Waals surface area (Å²) < 4.78 is 17.6. The second-order valence-corrected chi connectivity index (χ2v) is 8.53. The molecule has 1 N–H and O–H groups in total. The maximum absolute atomic E-state index is 14.7. The van der Waals surface area contributed by atoms with Gasteiger partial charge in [-0.3, -0.25) is 4.98 Å². The molecule has 154 valence electrons. The molecular formula is C24H18BrFN4S. The van der Waals surface area contributed by atoms with Crippen LogP contribution in [0.5, 0.6) is 0 Å². The Hall–Kier alpha value is -3.03. The van der Waals surface area contributed by atoms with Crippen LogP contribution in [0.3, 0.4) is 0 Å². The van der Waals surface area contributed by atoms with Gasteiger partial charge in [0.05, 0.1) is 17.4 Å². The first-order valence-corrected chi connectivity index (χ1v) is 11.0. The van der Waals surface area contributed by atoms with Gasteiger partial charge >= 0.3 is 0 Å². The average Bonchev–Trinajstić information content (AvgIpc) is 3.39. The standard InChI is InChI=1S/C24H18BrFN4S/c25-16-10-12-17(13-11-16)30-23(22(28-24(30)31)19-7-3-4-14-27-19)21-9-5-15-29(21)20-8-2-1-6-18(20)26/h1-15,22-23H,(H,28,31)/t22-,23+/m1/s1. The van der Waals surface area contributed by atoms with Gasteiger partial charge in [0.1, 0.15) is 11.9 Å². The van der Waals surface area contributed by atoms with E-state index in [4.69, 9.17) is 12.2 Å². The number of anilines is 1. The van der Waals surface area contributed by atoms with E-state index in [1.54, 1.807) is 18.3 Å². The summed E-state index contributed by atoms with van der Waals surface area (Å²) in [6.45, 7) is 0. The van der Waals surface area contributed by atoms with Gasteiger partial charge in [-0.2, -0.15) is 0 Å². The molecule has 0 unspecified atom stereocenters. The zero-order chi connectivity index (χ0) is 21.4. The average molecular weight is 493 g/mol. The highest BCUT2D eigenvalue weighted by molar-refractivity contribution is 9.10. The van der Waals surface area contributed by atoms with Crippen molar-refractivity contribution < 1.29 is 4.39 Å². The minimum atomic E-state index is -0.280. The Balaban J connectivity index is 1.68. The van der Waals surface area contributed by atoms with Crippen LogP contribution in [-0.4, -0.2) is 14.7 Å². The van der Waals surface area contributed by atoms with E-state index in [-0.39, 0.29) is 17.9 Å². The highest BCUT2D eigenvalue weighted by Crippen LogP contribution is 2.42. The minimum Gasteiger partial charge on any atom is -0.351 e. The van der Waals surface area contributed by atoms with Gasteiger partial charge in [0.2, 0.25) is 0 Å². The number of benzene rings is 2. The smallest absolute Gasteiger partial charge is 0.174 e. The number of aromatic nitrogens is 2. The van der Waals surface area contributed by atoms with Crippen LogP contribution in [0, 0.1) is 5.82 Å². The third-order valence-electron chi connectivity index (χ3n) is 5.40. The number of hydrogen-bond donors (Lipinski definition) is 1. The second kappa shape index (κ2) is 8.24. The predicted octanol–water partition coefficient (Wildman–Crippen LogP) is 5.95. The van der Waals surface area contributed by atoms with E-state index >= 15 is 0 Å². The number of thiocarbonyl (C=S) groups is 1. The lowest BCUT2D eigenvalue weighted by atomic mass is 10.0. The van der Waals surface area contributed by atoms with Gasteiger partial charge in [-0.15, -0.1) is 0 Å². The molecule has 2 aromatic heterocycles. The maximum atomic E-state index is 14.7. The molecule has 0 bridgehead atoms. The highest BCUT2D eigenvalue weighted by Gasteiger charge is 2.42. The molecule has 1 saturated heterocycles. The normalized spacial score (nSPS) is 18.3. The number of pyridine rings is 1. The van der Waals surface area contributed by atoms with Crippen molar-refractivity contribution >= 4 is 38.9 Å². The zero-order valence-corrected chi connectivity index (χ0v) is 18.7. The van der Waals surface area contributed by atoms with E-state index in [2.05, 4.69) is 31.1 Å². The molecule has 0 radical (unpaired) electrons. The van der Waals surface area contributed by atoms with Gasteiger partial charge in [-0.1, -0.05) is 34.1 Å². The summed E-state index contributed by atoms with van der Waals surface area (Å²) in [5.41, 5.74) is 3.23. The molecule has 4 aromatic rings. The molecular weight excluding hydrogens is 475 g/mol. The van der Waals surface area contributed by atoms with E-state index in [1.807, 2.05) is 71.4 Å². The lowest BCUT2D eigenvalue weighted by molar-refractivity contribution is 0.544. The van der Waals surface area contributed by atoms with Crippen LogP contribution in [0.25, 0.3) is 5.69 Å². The third kappa shape index (κ3) is 3.64. The monoisotopic (exact) mass is 492 g/mol. The fourth-order valence-corrected chi connectivity index (χ4v) is 4.65. The first-order valence-electron chi connectivity index (χ1n) is 9.82. The molecule has 4 nitrogen and oxygen atoms in total. The van der Waals surface area contributed by atoms with Gasteiger partial charge in [-0.25, -0.2) is 4.39 Å². The lowest BCUT2D eigenvalue weighted by Crippen LogP contribution is -2.30. The number of hydrogen-bond acceptors (Lipinski definition) is 2. The van der Waals surface area contributed by atoms with Crippen LogP contribution >= 0.6 is 28.1 Å². The third-order valence-corrected chi connectivity index (χ3v) is 6.24. The largest absolute Gasteiger partial charge is 0.351 e. The van der Waals surface area contributed by atoms with Crippen LogP contribution in [0.2, 0.25) is 0 Å². The molecule has 5 rings (SSSR count). The minimum absolute atomic E-state index is 0.197. The summed E-state index contributed by atoms with van der Waals surface area (Å²) >= 11 is 9.26. The van der Waals surface area contributed by atoms with E-state index < -0.39 is 0 Å². The summed E-state index contributed by atoms with van der Waals surface area (Å²) in [6, 6.07) is 24.1. The maximum Gasteiger partial charge on any atom is 0.174 e. The molecule has 1 fully saturated rings. The van der Waals surface area contributed by atoms with E-state index in [0.717, 1.165) is 21.5 Å². The molecule has 0 amide bonds. The molecule has 2 atom stereocenters. The summed E-state index contributed by atoms with van der Waals surface area (Å²) in [6.07, 6.45) is 3.65. The second-order valence-electron chi connectivity index (χ2n) is 7.23. The number of rotatable bonds is 4. The molecule has 7 heteroatoms. The van der Waals surface area contributed by atoms with Crippen molar-refractivity contribution in [1.82, 2.24) is 14.9 Å². The van der Waals surface area contributed by atoms with Crippen molar-refractivity contribution in [3.63, 3.8) is 0 Å². The molecule has 0 aliphatic carbocycles. The quantitative estimate of drug-likeness (QED) is 0.356. The summed E-state index contributed by atoms with van der Waals surface area (Å²) in [7, 11) is 0. The van der Waals surface area contributed by atoms with Crippen LogP contribution in [-0.2, 0) is 0 Å². The van der Waals surface area contributed by atoms with E-state index in [0.29, 0.717) is 10.8 Å². The molecule has 3 heterocycles. The molecule has 1 aliphatic rings. The Morgan fingerprint density at radius 2 is 1.71 bits per heavy atom. The van der Waals surface area contributed by atoms with Crippen LogP contribution < -0.4 is 10.2 Å². The topological polar surface area (TPSA) is 33.1 Å². The van der Waals surface area contributed by atoms with Gasteiger partial charge in [0, 0.05) is 28.2 Å². The summed E-state index contributed by atoms with van der Waals surface area (Å²) in [4.78, 5) is 6.66. The zero-order valence-electron chi connectivity index (χ0n) is 16.3. The van der Waals surface area contributed by atoms with Crippen LogP contribution in [0.1, 0.15) is 23.5 Å². The van der Waals surface area contributed by atoms with Crippen LogP contribution in [0.4, 0.5) is 10.1 Å². The van der Waals surface area contributed by atoms with Crippen molar-refractivity contribution in [3.05, 3.63) is 113 Å². The van der Waals surface area contributed by atoms with Gasteiger partial charge < -0.3 is 14.8 Å². The number of nitrogens with one attached hydrogen (secondary N) is 1. The first-order chi connectivity index (χ1) is 15.1. The van der Waals surface area contributed by atoms with Crippen molar-refractivity contribution in [2.75, 3.05) is 4.90 Å². The van der Waals surface area contributed by atoms with E-state index in [1.165, 1.54) is 6.07 Å². The molecule has 31 heavy (non-hydrogen) atoms. The van der Waals surface area contributed by atoms with Gasteiger partial charge in [0.25, 0.3) is 0 Å². The molecule has 1 aliphatic heterocycles. The SMILES string of the molecule is Fc1ccccc1-n1cccc1[C@H]1[C@@H](c2ccccn2)NC(=S)N1c1ccc(Br)cc1. The Morgan fingerprint density at radius 3 is 2.45 bits per heavy atom. The predicted molar refractivity (Wildman–Crippen MR) is 128 cm³/mol. The van der Waals surface area contributed by atoms with E-state index in [9.17, 15) is 4.39 Å². The Bertz CT molecular complexity index is 1230. The Labute approximate surface area is 193 Å². The molecule has 0 spiro atoms. The van der Waals surface area contributed by atoms with Crippen molar-refractivity contribution in [2.24, 2.45) is 0 Å². The Morgan fingerprint density at radius 1 is 0.935 bits per heavy atom. The highest BCUT2D eigenvalue weighted by atomic mass is 79.9. The fourth-order valence-electron chi connectivity index (χ4n) is 4.04. The molecule has 2 aromatic carbocycles. The molecule has 0 saturated carbocycles. The summed E-state index contributed by atoms with van der Waals surface area (Å²) in [5, 5.41) is 4.04. The van der Waals surface area contributed by atoms with Crippen LogP contribution in [0.15, 0.2) is 95.7 Å². The number of nitrogens with zero attached hydrogens (tertiary/aromatic N) is 3. The fraction of sp³-hybridized carbons (Fsp3) is 0.0833. The van der Waals surface area contributed by atoms with Crippen molar-refractivity contribution in [1.29, 1.82) is 0 Å². The summed E-state index contributed by atoms with van der Waals surface area (Å²) in [5.74, 6) is -0.280. The van der Waals surface area contributed by atoms with Crippen molar-refractivity contribution in [2.45, 2.75) is 12.1 Å². The first kappa shape index (κ1) is 19.9. The Kier molecular flexibility index (Phi) is 5.29. The number of halogens is 2. The van der Waals surface area contributed by atoms with Gasteiger partial charge in [-0.05, 0) is 72.9 Å². The lowest BCUT2D eigenvalue weighted by Gasteiger charge is -2.29.